The quantitative estimate of drug-likeness (QED) is 0.649. The second kappa shape index (κ2) is 14.2. The Morgan fingerprint density at radius 2 is 1.83 bits per heavy atom. The first-order valence-electron chi connectivity index (χ1n) is 6.95. The zero-order valence-corrected chi connectivity index (χ0v) is 12.5. The Bertz CT molecular complexity index is 221. The highest BCUT2D eigenvalue weighted by Gasteiger charge is 2.08. The van der Waals surface area contributed by atoms with E-state index in [1.54, 1.807) is 0 Å². The number of ketones is 1. The molecule has 0 heterocycles. The lowest BCUT2D eigenvalue weighted by molar-refractivity contribution is -0.123. The number of nitrogens with one attached hydrogen (secondary N) is 1. The summed E-state index contributed by atoms with van der Waals surface area (Å²) in [5.41, 5.74) is 0. The normalized spacial score (nSPS) is 9.67. The van der Waals surface area contributed by atoms with Gasteiger partial charge in [-0.15, -0.1) is 0 Å². The van der Waals surface area contributed by atoms with Gasteiger partial charge in [-0.25, -0.2) is 0 Å². The molecule has 0 aromatic rings. The summed E-state index contributed by atoms with van der Waals surface area (Å²) in [6.45, 7) is 11.4. The Labute approximate surface area is 113 Å². The summed E-state index contributed by atoms with van der Waals surface area (Å²) in [6, 6.07) is 0. The molecule has 0 aromatic heterocycles. The van der Waals surface area contributed by atoms with Gasteiger partial charge in [-0.3, -0.25) is 9.59 Å². The molecule has 4 heteroatoms. The van der Waals surface area contributed by atoms with Gasteiger partial charge < -0.3 is 10.1 Å². The molecule has 0 bridgehead atoms. The summed E-state index contributed by atoms with van der Waals surface area (Å²) in [5.74, 6) is 0.291. The van der Waals surface area contributed by atoms with Crippen molar-refractivity contribution < 1.29 is 15.8 Å². The Balaban J connectivity index is -0.000000809. The molecule has 0 saturated carbocycles. The molecule has 0 unspecified atom stereocenters. The molecule has 0 aliphatic heterocycles. The van der Waals surface area contributed by atoms with E-state index in [0.717, 1.165) is 0 Å². The topological polar surface area (TPSA) is 55.4 Å². The van der Waals surface area contributed by atoms with Crippen LogP contribution in [0.3, 0.4) is 0 Å². The van der Waals surface area contributed by atoms with Crippen molar-refractivity contribution in [2.75, 3.05) is 19.8 Å². The number of amides is 1. The Kier molecular flexibility index (Phi) is 15.3. The largest absolute Gasteiger partial charge is 0.380 e. The zero-order valence-electron chi connectivity index (χ0n) is 12.5. The summed E-state index contributed by atoms with van der Waals surface area (Å²) in [7, 11) is 0. The molecule has 1 N–H and O–H groups in total. The van der Waals surface area contributed by atoms with Gasteiger partial charge in [-0.2, -0.15) is 0 Å². The van der Waals surface area contributed by atoms with E-state index in [-0.39, 0.29) is 19.0 Å². The minimum atomic E-state index is -0.00346. The standard InChI is InChI=1S/C12H23NO3.C2H6.H2/c1-4-16-9-8-13-12(15)7-5-6-11(14)10(2)3;1-2;/h10H,4-9H2,1-3H3,(H,13,15);1-2H3;1H. The van der Waals surface area contributed by atoms with Gasteiger partial charge in [0.2, 0.25) is 5.91 Å². The van der Waals surface area contributed by atoms with E-state index in [4.69, 9.17) is 4.74 Å². The van der Waals surface area contributed by atoms with E-state index >= 15 is 0 Å². The van der Waals surface area contributed by atoms with Gasteiger partial charge in [0.1, 0.15) is 5.78 Å². The van der Waals surface area contributed by atoms with Crippen LogP contribution in [-0.4, -0.2) is 31.4 Å². The van der Waals surface area contributed by atoms with Crippen molar-refractivity contribution in [2.24, 2.45) is 5.92 Å². The third kappa shape index (κ3) is 13.2. The van der Waals surface area contributed by atoms with E-state index in [1.807, 2.05) is 34.6 Å². The second-order valence-corrected chi connectivity index (χ2v) is 4.02. The maximum Gasteiger partial charge on any atom is 0.220 e. The highest BCUT2D eigenvalue weighted by Crippen LogP contribution is 2.03. The number of hydrogen-bond donors (Lipinski definition) is 1. The van der Waals surface area contributed by atoms with Crippen molar-refractivity contribution in [2.45, 2.75) is 53.9 Å². The predicted octanol–water partition coefficient (Wildman–Crippen LogP) is 2.81. The van der Waals surface area contributed by atoms with Crippen LogP contribution in [0.4, 0.5) is 0 Å². The fourth-order valence-corrected chi connectivity index (χ4v) is 1.21. The number of ether oxygens (including phenoxy) is 1. The molecule has 0 aromatic carbocycles. The third-order valence-electron chi connectivity index (χ3n) is 2.24. The Morgan fingerprint density at radius 1 is 1.22 bits per heavy atom. The molecule has 1 amide bonds. The van der Waals surface area contributed by atoms with Gasteiger partial charge in [-0.05, 0) is 13.3 Å². The zero-order chi connectivity index (χ0) is 14.4. The van der Waals surface area contributed by atoms with E-state index in [9.17, 15) is 9.59 Å². The van der Waals surface area contributed by atoms with Crippen molar-refractivity contribution in [3.63, 3.8) is 0 Å². The number of carbonyl (C=O) groups is 2. The molecule has 0 aliphatic rings. The van der Waals surface area contributed by atoms with E-state index < -0.39 is 0 Å². The molecule has 0 aliphatic carbocycles. The van der Waals surface area contributed by atoms with Crippen LogP contribution in [0.25, 0.3) is 0 Å². The maximum absolute atomic E-state index is 11.3. The van der Waals surface area contributed by atoms with Gasteiger partial charge in [0.25, 0.3) is 0 Å². The minimum absolute atomic E-state index is 0. The van der Waals surface area contributed by atoms with Crippen LogP contribution in [0.2, 0.25) is 0 Å². The number of carbonyl (C=O) groups excluding carboxylic acids is 2. The van der Waals surface area contributed by atoms with Gasteiger partial charge in [0, 0.05) is 33.3 Å². The first-order chi connectivity index (χ1) is 8.57. The van der Waals surface area contributed by atoms with Crippen molar-refractivity contribution >= 4 is 11.7 Å². The van der Waals surface area contributed by atoms with E-state index in [0.29, 0.717) is 39.0 Å². The highest BCUT2D eigenvalue weighted by atomic mass is 16.5. The molecular formula is C14H31NO3. The van der Waals surface area contributed by atoms with Crippen LogP contribution in [0.1, 0.15) is 55.3 Å². The molecule has 0 fully saturated rings. The molecule has 18 heavy (non-hydrogen) atoms. The first-order valence-corrected chi connectivity index (χ1v) is 6.95. The first kappa shape index (κ1) is 19.4. The second-order valence-electron chi connectivity index (χ2n) is 4.02. The monoisotopic (exact) mass is 261 g/mol. The van der Waals surface area contributed by atoms with Crippen LogP contribution < -0.4 is 5.32 Å². The molecule has 4 nitrogen and oxygen atoms in total. The summed E-state index contributed by atoms with van der Waals surface area (Å²) < 4.78 is 5.09. The van der Waals surface area contributed by atoms with E-state index in [1.165, 1.54) is 0 Å². The highest BCUT2D eigenvalue weighted by molar-refractivity contribution is 5.81. The smallest absolute Gasteiger partial charge is 0.220 e. The average molecular weight is 261 g/mol. The average Bonchev–Trinajstić information content (AvgIpc) is 2.37. The van der Waals surface area contributed by atoms with Crippen molar-refractivity contribution in [1.29, 1.82) is 0 Å². The van der Waals surface area contributed by atoms with Crippen molar-refractivity contribution in [3.05, 3.63) is 0 Å². The van der Waals surface area contributed by atoms with Crippen molar-refractivity contribution in [3.8, 4) is 0 Å². The summed E-state index contributed by atoms with van der Waals surface area (Å²) in [4.78, 5) is 22.6. The lowest BCUT2D eigenvalue weighted by atomic mass is 10.0. The third-order valence-corrected chi connectivity index (χ3v) is 2.24. The minimum Gasteiger partial charge on any atom is -0.380 e. The van der Waals surface area contributed by atoms with Gasteiger partial charge in [0.05, 0.1) is 6.61 Å². The SMILES string of the molecule is CC.CCOCCNC(=O)CCCC(=O)C(C)C.[HH]. The summed E-state index contributed by atoms with van der Waals surface area (Å²) >= 11 is 0. The molecule has 0 saturated heterocycles. The van der Waals surface area contributed by atoms with Crippen molar-refractivity contribution in [1.82, 2.24) is 5.32 Å². The lowest BCUT2D eigenvalue weighted by Gasteiger charge is -2.06. The molecule has 0 rings (SSSR count). The lowest BCUT2D eigenvalue weighted by Crippen LogP contribution is -2.27. The molecule has 0 radical (unpaired) electrons. The van der Waals surface area contributed by atoms with Crippen LogP contribution >= 0.6 is 0 Å². The summed E-state index contributed by atoms with van der Waals surface area (Å²) in [5, 5.41) is 2.75. The summed E-state index contributed by atoms with van der Waals surface area (Å²) in [6.07, 6.45) is 1.55. The van der Waals surface area contributed by atoms with Gasteiger partial charge >= 0.3 is 0 Å². The number of hydrogen-bond acceptors (Lipinski definition) is 3. The fraction of sp³-hybridized carbons (Fsp3) is 0.857. The van der Waals surface area contributed by atoms with Crippen LogP contribution in [0.5, 0.6) is 0 Å². The van der Waals surface area contributed by atoms with Gasteiger partial charge in [-0.1, -0.05) is 27.7 Å². The molecule has 110 valence electrons. The predicted molar refractivity (Wildman–Crippen MR) is 76.7 cm³/mol. The number of rotatable bonds is 9. The van der Waals surface area contributed by atoms with Crippen LogP contribution in [0, 0.1) is 5.92 Å². The number of Topliss-reactive ketones (excluding diaryl/α,β-unsaturated/α-hetero) is 1. The van der Waals surface area contributed by atoms with E-state index in [2.05, 4.69) is 5.32 Å². The molecule has 0 atom stereocenters. The Morgan fingerprint density at radius 3 is 2.33 bits per heavy atom. The molecular weight excluding hydrogens is 230 g/mol. The maximum atomic E-state index is 11.3. The van der Waals surface area contributed by atoms with Crippen LogP contribution in [0.15, 0.2) is 0 Å². The fourth-order valence-electron chi connectivity index (χ4n) is 1.21. The molecule has 0 spiro atoms. The Hall–Kier alpha value is -0.900. The van der Waals surface area contributed by atoms with Gasteiger partial charge in [0.15, 0.2) is 0 Å². The van der Waals surface area contributed by atoms with Crippen LogP contribution in [-0.2, 0) is 14.3 Å².